The van der Waals surface area contributed by atoms with Gasteiger partial charge in [0.15, 0.2) is 11.5 Å². The lowest BCUT2D eigenvalue weighted by molar-refractivity contribution is -0.127. The SMILES string of the molecule is COCCCOc1cc(C[C@@H](C[C@H](N)[C@@H](O)C[C@H](C(=O)NCCS(C)(=O)=O)C(C)C)C(C)C)ccc1OC.Cl. The molecule has 0 aliphatic heterocycles. The maximum Gasteiger partial charge on any atom is 0.223 e. The second-order valence-corrected chi connectivity index (χ2v) is 13.1. The van der Waals surface area contributed by atoms with Gasteiger partial charge in [-0.3, -0.25) is 4.79 Å². The van der Waals surface area contributed by atoms with E-state index in [1.54, 1.807) is 14.2 Å². The van der Waals surface area contributed by atoms with E-state index in [2.05, 4.69) is 19.2 Å². The molecule has 9 nitrogen and oxygen atoms in total. The summed E-state index contributed by atoms with van der Waals surface area (Å²) in [4.78, 5) is 12.7. The topological polar surface area (TPSA) is 137 Å². The molecule has 0 unspecified atom stereocenters. The summed E-state index contributed by atoms with van der Waals surface area (Å²) in [7, 11) is 0.109. The van der Waals surface area contributed by atoms with Crippen LogP contribution in [0.1, 0.15) is 52.5 Å². The van der Waals surface area contributed by atoms with Gasteiger partial charge < -0.3 is 30.4 Å². The Kier molecular flexibility index (Phi) is 17.9. The molecule has 39 heavy (non-hydrogen) atoms. The quantitative estimate of drug-likeness (QED) is 0.208. The Morgan fingerprint density at radius 3 is 2.26 bits per heavy atom. The second-order valence-electron chi connectivity index (χ2n) is 10.9. The van der Waals surface area contributed by atoms with Crippen molar-refractivity contribution < 1.29 is 32.5 Å². The van der Waals surface area contributed by atoms with Crippen LogP contribution in [0.2, 0.25) is 0 Å². The Morgan fingerprint density at radius 2 is 1.72 bits per heavy atom. The van der Waals surface area contributed by atoms with E-state index in [1.807, 2.05) is 32.0 Å². The number of rotatable bonds is 19. The van der Waals surface area contributed by atoms with Crippen molar-refractivity contribution in [3.63, 3.8) is 0 Å². The number of carbonyl (C=O) groups excluding carboxylic acids is 1. The average Bonchev–Trinajstić information content (AvgIpc) is 2.83. The zero-order chi connectivity index (χ0) is 28.9. The van der Waals surface area contributed by atoms with Crippen LogP contribution in [-0.4, -0.2) is 77.6 Å². The van der Waals surface area contributed by atoms with Crippen LogP contribution in [-0.2, 0) is 25.8 Å². The first-order chi connectivity index (χ1) is 17.8. The third-order valence-electron chi connectivity index (χ3n) is 6.90. The van der Waals surface area contributed by atoms with Gasteiger partial charge in [-0.05, 0) is 54.7 Å². The number of amides is 1. The molecule has 0 bridgehead atoms. The molecule has 4 N–H and O–H groups in total. The molecule has 0 fully saturated rings. The van der Waals surface area contributed by atoms with Crippen LogP contribution in [0.4, 0.5) is 0 Å². The molecule has 1 aromatic rings. The smallest absolute Gasteiger partial charge is 0.223 e. The number of hydrogen-bond donors (Lipinski definition) is 3. The predicted octanol–water partition coefficient (Wildman–Crippen LogP) is 3.25. The van der Waals surface area contributed by atoms with Gasteiger partial charge in [-0.25, -0.2) is 8.42 Å². The standard InChI is InChI=1S/C28H50N2O7S.ClH/c1-19(2)22(15-21-9-10-26(36-6)27(16-21)37-13-8-12-35-5)17-24(29)25(31)18-23(20(3)4)28(32)30-11-14-38(7,33)34;/h9-10,16,19-20,22-25,31H,8,11-15,17-18,29H2,1-7H3,(H,30,32);1H/t22-,23-,24-,25-;/m0./s1. The highest BCUT2D eigenvalue weighted by Gasteiger charge is 2.30. The highest BCUT2D eigenvalue weighted by Crippen LogP contribution is 2.31. The van der Waals surface area contributed by atoms with E-state index >= 15 is 0 Å². The fourth-order valence-electron chi connectivity index (χ4n) is 4.35. The summed E-state index contributed by atoms with van der Waals surface area (Å²) in [5.41, 5.74) is 7.56. The van der Waals surface area contributed by atoms with Gasteiger partial charge in [0.25, 0.3) is 0 Å². The Morgan fingerprint density at radius 1 is 1.05 bits per heavy atom. The molecule has 0 aromatic heterocycles. The second kappa shape index (κ2) is 18.7. The van der Waals surface area contributed by atoms with Crippen LogP contribution in [0.15, 0.2) is 18.2 Å². The summed E-state index contributed by atoms with van der Waals surface area (Å²) in [6, 6.07) is 5.42. The molecule has 1 amide bonds. The van der Waals surface area contributed by atoms with Gasteiger partial charge in [-0.1, -0.05) is 33.8 Å². The molecule has 0 heterocycles. The van der Waals surface area contributed by atoms with E-state index < -0.39 is 27.9 Å². The maximum absolute atomic E-state index is 12.7. The van der Waals surface area contributed by atoms with E-state index in [4.69, 9.17) is 19.9 Å². The number of sulfone groups is 1. The molecule has 1 aromatic carbocycles. The van der Waals surface area contributed by atoms with Crippen LogP contribution < -0.4 is 20.5 Å². The summed E-state index contributed by atoms with van der Waals surface area (Å²) in [6.07, 6.45) is 2.62. The molecule has 1 rings (SSSR count). The van der Waals surface area contributed by atoms with Crippen LogP contribution in [0, 0.1) is 23.7 Å². The predicted molar refractivity (Wildman–Crippen MR) is 159 cm³/mol. The van der Waals surface area contributed by atoms with Gasteiger partial charge in [0.1, 0.15) is 9.84 Å². The summed E-state index contributed by atoms with van der Waals surface area (Å²) in [6.45, 7) is 9.31. The molecule has 228 valence electrons. The lowest BCUT2D eigenvalue weighted by atomic mass is 9.81. The number of nitrogens with two attached hydrogens (primary N) is 1. The zero-order valence-corrected chi connectivity index (χ0v) is 26.3. The van der Waals surface area contributed by atoms with Gasteiger partial charge in [0.05, 0.1) is 25.6 Å². The number of carbonyl (C=O) groups is 1. The summed E-state index contributed by atoms with van der Waals surface area (Å²) < 4.78 is 39.2. The lowest BCUT2D eigenvalue weighted by Crippen LogP contribution is -2.43. The number of aliphatic hydroxyl groups excluding tert-OH is 1. The molecule has 11 heteroatoms. The van der Waals surface area contributed by atoms with Crippen molar-refractivity contribution in [2.75, 3.05) is 46.0 Å². The van der Waals surface area contributed by atoms with E-state index in [1.165, 1.54) is 0 Å². The molecule has 4 atom stereocenters. The third-order valence-corrected chi connectivity index (χ3v) is 7.84. The van der Waals surface area contributed by atoms with Crippen LogP contribution in [0.25, 0.3) is 0 Å². The fourth-order valence-corrected chi connectivity index (χ4v) is 4.83. The molecular weight excluding hydrogens is 544 g/mol. The normalized spacial score (nSPS) is 14.8. The minimum atomic E-state index is -3.17. The first-order valence-corrected chi connectivity index (χ1v) is 15.5. The Hall–Kier alpha value is -1.59. The van der Waals surface area contributed by atoms with Gasteiger partial charge >= 0.3 is 0 Å². The summed E-state index contributed by atoms with van der Waals surface area (Å²) in [5.74, 6) is 1.02. The average molecular weight is 595 g/mol. The van der Waals surface area contributed by atoms with E-state index in [9.17, 15) is 18.3 Å². The lowest BCUT2D eigenvalue weighted by Gasteiger charge is -2.30. The molecule has 0 spiro atoms. The van der Waals surface area contributed by atoms with E-state index in [-0.39, 0.29) is 48.9 Å². The fraction of sp³-hybridized carbons (Fsp3) is 0.750. The van der Waals surface area contributed by atoms with Gasteiger partial charge in [0, 0.05) is 44.9 Å². The number of hydrogen-bond acceptors (Lipinski definition) is 8. The Balaban J connectivity index is 0.0000144. The van der Waals surface area contributed by atoms with E-state index in [0.29, 0.717) is 37.1 Å². The number of halogens is 1. The van der Waals surface area contributed by atoms with Gasteiger partial charge in [-0.15, -0.1) is 12.4 Å². The van der Waals surface area contributed by atoms with Crippen LogP contribution in [0.3, 0.4) is 0 Å². The van der Waals surface area contributed by atoms with Crippen molar-refractivity contribution in [2.45, 2.75) is 65.5 Å². The number of benzene rings is 1. The van der Waals surface area contributed by atoms with Crippen molar-refractivity contribution in [1.82, 2.24) is 5.32 Å². The van der Waals surface area contributed by atoms with Crippen molar-refractivity contribution in [3.8, 4) is 11.5 Å². The monoisotopic (exact) mass is 594 g/mol. The number of aliphatic hydroxyl groups is 1. The van der Waals surface area contributed by atoms with Gasteiger partial charge in [-0.2, -0.15) is 0 Å². The Bertz CT molecular complexity index is 944. The number of ether oxygens (including phenoxy) is 3. The van der Waals surface area contributed by atoms with Crippen molar-refractivity contribution >= 4 is 28.2 Å². The number of nitrogens with one attached hydrogen (secondary N) is 1. The van der Waals surface area contributed by atoms with Crippen LogP contribution >= 0.6 is 12.4 Å². The molecular formula is C28H51ClN2O7S. The molecule has 0 aliphatic carbocycles. The largest absolute Gasteiger partial charge is 0.493 e. The molecule has 0 saturated heterocycles. The molecule has 0 saturated carbocycles. The van der Waals surface area contributed by atoms with Gasteiger partial charge in [0.2, 0.25) is 5.91 Å². The third kappa shape index (κ3) is 14.6. The molecule has 0 aliphatic rings. The maximum atomic E-state index is 12.7. The van der Waals surface area contributed by atoms with E-state index in [0.717, 1.165) is 24.7 Å². The highest BCUT2D eigenvalue weighted by atomic mass is 35.5. The Labute approximate surface area is 241 Å². The first-order valence-electron chi connectivity index (χ1n) is 13.5. The number of methoxy groups -OCH3 is 2. The minimum absolute atomic E-state index is 0. The summed E-state index contributed by atoms with van der Waals surface area (Å²) in [5, 5.41) is 13.6. The van der Waals surface area contributed by atoms with Crippen molar-refractivity contribution in [2.24, 2.45) is 29.4 Å². The minimum Gasteiger partial charge on any atom is -0.493 e. The van der Waals surface area contributed by atoms with Crippen molar-refractivity contribution in [1.29, 1.82) is 0 Å². The molecule has 0 radical (unpaired) electrons. The van der Waals surface area contributed by atoms with Crippen molar-refractivity contribution in [3.05, 3.63) is 23.8 Å². The van der Waals surface area contributed by atoms with Crippen LogP contribution in [0.5, 0.6) is 11.5 Å². The first kappa shape index (κ1) is 37.4. The highest BCUT2D eigenvalue weighted by molar-refractivity contribution is 7.90. The zero-order valence-electron chi connectivity index (χ0n) is 24.6. The summed E-state index contributed by atoms with van der Waals surface area (Å²) >= 11 is 0.